The van der Waals surface area contributed by atoms with Gasteiger partial charge in [0.2, 0.25) is 0 Å². The number of rotatable bonds is 6. The summed E-state index contributed by atoms with van der Waals surface area (Å²) in [5.74, 6) is -1.48. The number of ether oxygens (including phenoxy) is 2. The van der Waals surface area contributed by atoms with Crippen molar-refractivity contribution < 1.29 is 27.4 Å². The van der Waals surface area contributed by atoms with Crippen LogP contribution in [0.2, 0.25) is 0 Å². The molecule has 2 saturated carbocycles. The number of carbonyl (C=O) groups excluding carboxylic acids is 1. The second-order valence-corrected chi connectivity index (χ2v) is 6.73. The molecule has 0 saturated heterocycles. The summed E-state index contributed by atoms with van der Waals surface area (Å²) in [4.78, 5) is 12.3. The van der Waals surface area contributed by atoms with Crippen molar-refractivity contribution >= 4 is 5.97 Å². The molecule has 2 aliphatic rings. The van der Waals surface area contributed by atoms with Gasteiger partial charge in [-0.1, -0.05) is 31.4 Å². The molecule has 24 heavy (non-hydrogen) atoms. The van der Waals surface area contributed by atoms with E-state index < -0.39 is 36.7 Å². The molecule has 6 heteroatoms. The molecule has 2 rings (SSSR count). The highest BCUT2D eigenvalue weighted by atomic mass is 19.3. The van der Waals surface area contributed by atoms with E-state index in [0.717, 1.165) is 12.8 Å². The number of halogens is 3. The normalized spacial score (nSPS) is 32.4. The third-order valence-electron chi connectivity index (χ3n) is 4.99. The van der Waals surface area contributed by atoms with E-state index in [1.54, 1.807) is 6.92 Å². The fourth-order valence-corrected chi connectivity index (χ4v) is 3.87. The Hall–Kier alpha value is -1.04. The number of allylic oxidation sites excluding steroid dienone is 2. The van der Waals surface area contributed by atoms with Gasteiger partial charge in [-0.3, -0.25) is 4.79 Å². The molecule has 0 aliphatic heterocycles. The number of alkyl halides is 3. The lowest BCUT2D eigenvalue weighted by atomic mass is 9.75. The zero-order chi connectivity index (χ0) is 17.5. The SMILES string of the molecule is CCOC(=O)C1C(/C=C/C2CCCCC2)CC(F)CC1OC(F)F. The van der Waals surface area contributed by atoms with Crippen LogP contribution in [0, 0.1) is 17.8 Å². The maximum atomic E-state index is 14.0. The molecule has 2 fully saturated rings. The van der Waals surface area contributed by atoms with Crippen LogP contribution in [0.3, 0.4) is 0 Å². The lowest BCUT2D eigenvalue weighted by Gasteiger charge is -2.36. The van der Waals surface area contributed by atoms with Crippen molar-refractivity contribution in [3.05, 3.63) is 12.2 Å². The fourth-order valence-electron chi connectivity index (χ4n) is 3.87. The van der Waals surface area contributed by atoms with Crippen molar-refractivity contribution in [3.63, 3.8) is 0 Å². The Morgan fingerprint density at radius 3 is 2.50 bits per heavy atom. The van der Waals surface area contributed by atoms with Crippen LogP contribution < -0.4 is 0 Å². The van der Waals surface area contributed by atoms with Gasteiger partial charge in [-0.25, -0.2) is 4.39 Å². The van der Waals surface area contributed by atoms with Gasteiger partial charge in [0.25, 0.3) is 0 Å². The zero-order valence-corrected chi connectivity index (χ0v) is 14.1. The van der Waals surface area contributed by atoms with Crippen molar-refractivity contribution in [2.24, 2.45) is 17.8 Å². The first-order valence-electron chi connectivity index (χ1n) is 8.93. The van der Waals surface area contributed by atoms with Gasteiger partial charge < -0.3 is 9.47 Å². The third-order valence-corrected chi connectivity index (χ3v) is 4.99. The second-order valence-electron chi connectivity index (χ2n) is 6.73. The van der Waals surface area contributed by atoms with Gasteiger partial charge in [-0.05, 0) is 38.0 Å². The average molecular weight is 348 g/mol. The van der Waals surface area contributed by atoms with Crippen LogP contribution in [-0.2, 0) is 14.3 Å². The summed E-state index contributed by atoms with van der Waals surface area (Å²) >= 11 is 0. The van der Waals surface area contributed by atoms with Crippen molar-refractivity contribution in [2.45, 2.75) is 70.8 Å². The Bertz CT molecular complexity index is 420. The van der Waals surface area contributed by atoms with E-state index in [9.17, 15) is 18.0 Å². The topological polar surface area (TPSA) is 35.5 Å². The van der Waals surface area contributed by atoms with E-state index in [1.165, 1.54) is 19.3 Å². The molecule has 138 valence electrons. The van der Waals surface area contributed by atoms with Crippen molar-refractivity contribution in [3.8, 4) is 0 Å². The first kappa shape index (κ1) is 19.3. The Morgan fingerprint density at radius 1 is 1.17 bits per heavy atom. The molecular weight excluding hydrogens is 321 g/mol. The van der Waals surface area contributed by atoms with Crippen LogP contribution in [0.15, 0.2) is 12.2 Å². The molecule has 0 amide bonds. The summed E-state index contributed by atoms with van der Waals surface area (Å²) in [5, 5.41) is 0. The molecular formula is C18H27F3O3. The molecule has 4 unspecified atom stereocenters. The van der Waals surface area contributed by atoms with E-state index in [0.29, 0.717) is 5.92 Å². The highest BCUT2D eigenvalue weighted by Gasteiger charge is 2.44. The van der Waals surface area contributed by atoms with Crippen LogP contribution in [0.5, 0.6) is 0 Å². The summed E-state index contributed by atoms with van der Waals surface area (Å²) in [5.41, 5.74) is 0. The Kier molecular flexibility index (Phi) is 7.59. The first-order valence-corrected chi connectivity index (χ1v) is 8.93. The molecule has 2 aliphatic carbocycles. The molecule has 0 aromatic carbocycles. The van der Waals surface area contributed by atoms with Crippen molar-refractivity contribution in [2.75, 3.05) is 6.61 Å². The van der Waals surface area contributed by atoms with Crippen LogP contribution >= 0.6 is 0 Å². The molecule has 0 N–H and O–H groups in total. The maximum Gasteiger partial charge on any atom is 0.345 e. The van der Waals surface area contributed by atoms with Crippen molar-refractivity contribution in [1.29, 1.82) is 0 Å². The smallest absolute Gasteiger partial charge is 0.345 e. The van der Waals surface area contributed by atoms with Gasteiger partial charge in [-0.15, -0.1) is 0 Å². The molecule has 0 bridgehead atoms. The van der Waals surface area contributed by atoms with Gasteiger partial charge in [0, 0.05) is 6.42 Å². The fraction of sp³-hybridized carbons (Fsp3) is 0.833. The van der Waals surface area contributed by atoms with Crippen LogP contribution in [0.1, 0.15) is 51.9 Å². The molecule has 0 heterocycles. The molecule has 3 nitrogen and oxygen atoms in total. The summed E-state index contributed by atoms with van der Waals surface area (Å²) in [6.45, 7) is -1.20. The average Bonchev–Trinajstić information content (AvgIpc) is 2.53. The van der Waals surface area contributed by atoms with Crippen LogP contribution in [0.4, 0.5) is 13.2 Å². The van der Waals surface area contributed by atoms with Gasteiger partial charge in [0.1, 0.15) is 6.17 Å². The van der Waals surface area contributed by atoms with Crippen molar-refractivity contribution in [1.82, 2.24) is 0 Å². The summed E-state index contributed by atoms with van der Waals surface area (Å²) < 4.78 is 48.9. The summed E-state index contributed by atoms with van der Waals surface area (Å²) in [7, 11) is 0. The largest absolute Gasteiger partial charge is 0.466 e. The number of hydrogen-bond donors (Lipinski definition) is 0. The van der Waals surface area contributed by atoms with E-state index in [1.807, 2.05) is 12.2 Å². The van der Waals surface area contributed by atoms with Crippen LogP contribution in [0.25, 0.3) is 0 Å². The minimum atomic E-state index is -3.03. The minimum absolute atomic E-state index is 0.149. The minimum Gasteiger partial charge on any atom is -0.466 e. The highest BCUT2D eigenvalue weighted by Crippen LogP contribution is 2.37. The molecule has 0 radical (unpaired) electrons. The Balaban J connectivity index is 2.12. The monoisotopic (exact) mass is 348 g/mol. The van der Waals surface area contributed by atoms with E-state index >= 15 is 0 Å². The van der Waals surface area contributed by atoms with Gasteiger partial charge in [0.15, 0.2) is 0 Å². The van der Waals surface area contributed by atoms with E-state index in [2.05, 4.69) is 4.74 Å². The number of esters is 1. The lowest BCUT2D eigenvalue weighted by Crippen LogP contribution is -2.44. The van der Waals surface area contributed by atoms with Gasteiger partial charge in [0.05, 0.1) is 18.6 Å². The lowest BCUT2D eigenvalue weighted by molar-refractivity contribution is -0.201. The molecule has 4 atom stereocenters. The van der Waals surface area contributed by atoms with Gasteiger partial charge >= 0.3 is 12.6 Å². The highest BCUT2D eigenvalue weighted by molar-refractivity contribution is 5.74. The third kappa shape index (κ3) is 5.50. The van der Waals surface area contributed by atoms with Gasteiger partial charge in [-0.2, -0.15) is 8.78 Å². The molecule has 0 aromatic rings. The summed E-state index contributed by atoms with van der Waals surface area (Å²) in [6, 6.07) is 0. The Labute approximate surface area is 141 Å². The zero-order valence-electron chi connectivity index (χ0n) is 14.1. The predicted molar refractivity (Wildman–Crippen MR) is 84.3 cm³/mol. The summed E-state index contributed by atoms with van der Waals surface area (Å²) in [6.07, 6.45) is 7.18. The predicted octanol–water partition coefficient (Wildman–Crippen LogP) is 4.66. The maximum absolute atomic E-state index is 14.0. The Morgan fingerprint density at radius 2 is 1.88 bits per heavy atom. The number of carbonyl (C=O) groups is 1. The molecule has 0 spiro atoms. The quantitative estimate of drug-likeness (QED) is 0.517. The molecule has 0 aromatic heterocycles. The number of hydrogen-bond acceptors (Lipinski definition) is 3. The first-order chi connectivity index (χ1) is 11.5. The van der Waals surface area contributed by atoms with Crippen LogP contribution in [-0.4, -0.2) is 31.5 Å². The van der Waals surface area contributed by atoms with E-state index in [4.69, 9.17) is 4.74 Å². The second kappa shape index (κ2) is 9.44. The van der Waals surface area contributed by atoms with E-state index in [-0.39, 0.29) is 19.4 Å². The standard InChI is InChI=1S/C18H27F3O3/c1-2-23-17(22)16-13(9-8-12-6-4-3-5-7-12)10-14(19)11-15(16)24-18(20)21/h8-9,12-16,18H,2-7,10-11H2,1H3/b9-8+.